The second kappa shape index (κ2) is 10.8. The van der Waals surface area contributed by atoms with E-state index in [-0.39, 0.29) is 0 Å². The number of benzene rings is 7. The topological polar surface area (TPSA) is 48.8 Å². The molecule has 5 heteroatoms. The van der Waals surface area contributed by atoms with E-state index in [1.165, 1.54) is 27.1 Å². The first-order valence-electron chi connectivity index (χ1n) is 17.2. The lowest BCUT2D eigenvalue weighted by atomic mass is 10.1. The van der Waals surface area contributed by atoms with Gasteiger partial charge in [0.25, 0.3) is 0 Å². The lowest BCUT2D eigenvalue weighted by Gasteiger charge is -2.16. The Morgan fingerprint density at radius 2 is 1.00 bits per heavy atom. The molecule has 0 fully saturated rings. The summed E-state index contributed by atoms with van der Waals surface area (Å²) in [6.45, 7) is 0. The summed E-state index contributed by atoms with van der Waals surface area (Å²) in [6.07, 6.45) is 0. The molecule has 0 atom stereocenters. The molecule has 0 unspecified atom stereocenters. The number of rotatable bonds is 4. The Balaban J connectivity index is 1.31. The Bertz CT molecular complexity index is 3130. The minimum atomic E-state index is 0.660. The quantitative estimate of drug-likeness (QED) is 0.190. The third kappa shape index (κ3) is 4.03. The van der Waals surface area contributed by atoms with Gasteiger partial charge >= 0.3 is 0 Å². The molecule has 11 rings (SSSR count). The molecule has 0 saturated heterocycles. The summed E-state index contributed by atoms with van der Waals surface area (Å²) in [6, 6.07) is 59.5. The lowest BCUT2D eigenvalue weighted by Crippen LogP contribution is -2.02. The molecule has 4 aromatic heterocycles. The standard InChI is InChI=1S/C46H28N4O/c1-3-15-29(16-4-1)46-47-41(45-42(48-46)36-22-10-14-26-40(36)51-45)35-21-9-13-25-39(35)50-38-24-12-8-20-32(38)34-28-27-33-31-19-7-11-23-37(31)49(43(33)44(34)50)30-17-5-2-6-18-30/h1-28H. The highest BCUT2D eigenvalue weighted by atomic mass is 16.3. The average molecular weight is 653 g/mol. The molecule has 7 aromatic carbocycles. The Kier molecular flexibility index (Phi) is 5.89. The Morgan fingerprint density at radius 1 is 0.431 bits per heavy atom. The SMILES string of the molecule is c1ccc(-c2nc(-c3ccccc3-n3c4ccccc4c4ccc5c6ccccc6n(-c6ccccc6)c5c43)c3oc4ccccc4c3n2)cc1. The van der Waals surface area contributed by atoms with Gasteiger partial charge in [-0.3, -0.25) is 0 Å². The van der Waals surface area contributed by atoms with E-state index in [1.807, 2.05) is 36.4 Å². The maximum absolute atomic E-state index is 6.62. The molecule has 51 heavy (non-hydrogen) atoms. The number of nitrogens with zero attached hydrogens (tertiary/aromatic N) is 4. The Morgan fingerprint density at radius 3 is 1.75 bits per heavy atom. The summed E-state index contributed by atoms with van der Waals surface area (Å²) >= 11 is 0. The molecule has 0 aliphatic heterocycles. The lowest BCUT2D eigenvalue weighted by molar-refractivity contribution is 0.667. The van der Waals surface area contributed by atoms with Crippen molar-refractivity contribution < 1.29 is 4.42 Å². The van der Waals surface area contributed by atoms with Crippen molar-refractivity contribution in [1.82, 2.24) is 19.1 Å². The van der Waals surface area contributed by atoms with Crippen molar-refractivity contribution in [3.63, 3.8) is 0 Å². The summed E-state index contributed by atoms with van der Waals surface area (Å²) in [4.78, 5) is 10.4. The van der Waals surface area contributed by atoms with Crippen LogP contribution >= 0.6 is 0 Å². The fourth-order valence-corrected chi connectivity index (χ4v) is 7.95. The van der Waals surface area contributed by atoms with E-state index in [4.69, 9.17) is 14.4 Å². The van der Waals surface area contributed by atoms with Gasteiger partial charge < -0.3 is 13.6 Å². The summed E-state index contributed by atoms with van der Waals surface area (Å²) < 4.78 is 11.5. The van der Waals surface area contributed by atoms with Crippen LogP contribution in [0.1, 0.15) is 0 Å². The fourth-order valence-electron chi connectivity index (χ4n) is 7.95. The first kappa shape index (κ1) is 27.9. The fraction of sp³-hybridized carbons (Fsp3) is 0. The second-order valence-electron chi connectivity index (χ2n) is 13.0. The van der Waals surface area contributed by atoms with Gasteiger partial charge in [0.05, 0.1) is 27.8 Å². The summed E-state index contributed by atoms with van der Waals surface area (Å²) in [7, 11) is 0. The van der Waals surface area contributed by atoms with Crippen molar-refractivity contribution in [2.45, 2.75) is 0 Å². The van der Waals surface area contributed by atoms with Crippen molar-refractivity contribution in [2.75, 3.05) is 0 Å². The average Bonchev–Trinajstić information content (AvgIpc) is 3.86. The van der Waals surface area contributed by atoms with Gasteiger partial charge in [-0.25, -0.2) is 9.97 Å². The predicted octanol–water partition coefficient (Wildman–Crippen LogP) is 11.9. The van der Waals surface area contributed by atoms with Crippen molar-refractivity contribution in [3.8, 4) is 34.0 Å². The molecule has 0 aliphatic rings. The molecule has 0 amide bonds. The molecular formula is C46H28N4O. The molecular weight excluding hydrogens is 625 g/mol. The third-order valence-electron chi connectivity index (χ3n) is 10.1. The zero-order chi connectivity index (χ0) is 33.5. The van der Waals surface area contributed by atoms with Crippen LogP contribution in [0.2, 0.25) is 0 Å². The predicted molar refractivity (Wildman–Crippen MR) is 209 cm³/mol. The van der Waals surface area contributed by atoms with Crippen molar-refractivity contribution in [3.05, 3.63) is 170 Å². The van der Waals surface area contributed by atoms with Gasteiger partial charge in [0, 0.05) is 43.7 Å². The number of fused-ring (bicyclic) bond motifs is 10. The Hall–Kier alpha value is -6.98. The molecule has 0 radical (unpaired) electrons. The number of aromatic nitrogens is 4. The van der Waals surface area contributed by atoms with E-state index < -0.39 is 0 Å². The minimum absolute atomic E-state index is 0.660. The zero-order valence-corrected chi connectivity index (χ0v) is 27.4. The van der Waals surface area contributed by atoms with E-state index in [1.54, 1.807) is 0 Å². The van der Waals surface area contributed by atoms with Crippen LogP contribution in [0.3, 0.4) is 0 Å². The number of furan rings is 1. The molecule has 0 N–H and O–H groups in total. The van der Waals surface area contributed by atoms with Gasteiger partial charge in [-0.2, -0.15) is 0 Å². The summed E-state index contributed by atoms with van der Waals surface area (Å²) in [5.74, 6) is 0.660. The molecule has 0 bridgehead atoms. The van der Waals surface area contributed by atoms with Crippen molar-refractivity contribution >= 4 is 65.7 Å². The Labute approximate surface area is 292 Å². The smallest absolute Gasteiger partial charge is 0.180 e. The highest BCUT2D eigenvalue weighted by molar-refractivity contribution is 6.24. The number of hydrogen-bond acceptors (Lipinski definition) is 3. The summed E-state index contributed by atoms with van der Waals surface area (Å²) in [5, 5.41) is 5.77. The van der Waals surface area contributed by atoms with Crippen LogP contribution in [0.4, 0.5) is 0 Å². The van der Waals surface area contributed by atoms with E-state index in [2.05, 4.69) is 143 Å². The normalized spacial score (nSPS) is 11.9. The van der Waals surface area contributed by atoms with Gasteiger partial charge in [-0.05, 0) is 42.5 Å². The molecule has 0 aliphatic carbocycles. The maximum Gasteiger partial charge on any atom is 0.180 e. The first-order chi connectivity index (χ1) is 25.3. The van der Waals surface area contributed by atoms with Crippen LogP contribution in [0.5, 0.6) is 0 Å². The highest BCUT2D eigenvalue weighted by Crippen LogP contribution is 2.44. The van der Waals surface area contributed by atoms with Crippen LogP contribution in [0, 0.1) is 0 Å². The molecule has 238 valence electrons. The van der Waals surface area contributed by atoms with Gasteiger partial charge in [-0.1, -0.05) is 127 Å². The van der Waals surface area contributed by atoms with Crippen molar-refractivity contribution in [2.24, 2.45) is 0 Å². The van der Waals surface area contributed by atoms with Gasteiger partial charge in [-0.15, -0.1) is 0 Å². The van der Waals surface area contributed by atoms with Crippen LogP contribution in [-0.4, -0.2) is 19.1 Å². The van der Waals surface area contributed by atoms with Crippen LogP contribution in [0.15, 0.2) is 174 Å². The van der Waals surface area contributed by atoms with Crippen LogP contribution in [-0.2, 0) is 0 Å². The van der Waals surface area contributed by atoms with Gasteiger partial charge in [0.15, 0.2) is 11.4 Å². The molecule has 4 heterocycles. The van der Waals surface area contributed by atoms with E-state index in [9.17, 15) is 0 Å². The van der Waals surface area contributed by atoms with E-state index >= 15 is 0 Å². The first-order valence-corrected chi connectivity index (χ1v) is 17.2. The van der Waals surface area contributed by atoms with Gasteiger partial charge in [0.1, 0.15) is 16.8 Å². The summed E-state index contributed by atoms with van der Waals surface area (Å²) in [5.41, 5.74) is 11.7. The number of para-hydroxylation sites is 5. The van der Waals surface area contributed by atoms with Gasteiger partial charge in [0.2, 0.25) is 0 Å². The molecule has 5 nitrogen and oxygen atoms in total. The van der Waals surface area contributed by atoms with E-state index in [0.717, 1.165) is 61.2 Å². The highest BCUT2D eigenvalue weighted by Gasteiger charge is 2.25. The molecule has 0 spiro atoms. The largest absolute Gasteiger partial charge is 0.452 e. The maximum atomic E-state index is 6.62. The van der Waals surface area contributed by atoms with Crippen LogP contribution < -0.4 is 0 Å². The minimum Gasteiger partial charge on any atom is -0.452 e. The number of hydrogen-bond donors (Lipinski definition) is 0. The molecule has 0 saturated carbocycles. The van der Waals surface area contributed by atoms with Crippen molar-refractivity contribution in [1.29, 1.82) is 0 Å². The molecule has 11 aromatic rings. The van der Waals surface area contributed by atoms with E-state index in [0.29, 0.717) is 11.4 Å². The third-order valence-corrected chi connectivity index (χ3v) is 10.1. The second-order valence-corrected chi connectivity index (χ2v) is 13.0. The van der Waals surface area contributed by atoms with Crippen LogP contribution in [0.25, 0.3) is 99.7 Å². The monoisotopic (exact) mass is 652 g/mol. The zero-order valence-electron chi connectivity index (χ0n) is 27.4.